The molecule has 5 rings (SSSR count). The first-order chi connectivity index (χ1) is 16.1. The van der Waals surface area contributed by atoms with Crippen LogP contribution in [0, 0.1) is 39.8 Å². The SMILES string of the molecule is Cc1c(N(c2ccccc2)c2nn(-c3[c-]cccc3)c(C)c2C)nn(-c2[c-]cccc2)c1C.[Pt+2]. The molecular weight excluding hydrogens is 601 g/mol. The minimum Gasteiger partial charge on any atom is -0.276 e. The van der Waals surface area contributed by atoms with Crippen molar-refractivity contribution in [2.24, 2.45) is 0 Å². The molecule has 0 saturated carbocycles. The average molecular weight is 627 g/mol. The molecule has 0 aliphatic carbocycles. The Balaban J connectivity index is 0.00000274. The zero-order valence-corrected chi connectivity index (χ0v) is 21.8. The summed E-state index contributed by atoms with van der Waals surface area (Å²) in [6.45, 7) is 8.39. The first-order valence-corrected chi connectivity index (χ1v) is 11.0. The van der Waals surface area contributed by atoms with Gasteiger partial charge in [0.2, 0.25) is 0 Å². The largest absolute Gasteiger partial charge is 2.00 e. The van der Waals surface area contributed by atoms with Crippen molar-refractivity contribution in [3.63, 3.8) is 0 Å². The molecule has 0 N–H and O–H groups in total. The van der Waals surface area contributed by atoms with Crippen molar-refractivity contribution in [2.75, 3.05) is 4.90 Å². The third kappa shape index (κ3) is 4.12. The summed E-state index contributed by atoms with van der Waals surface area (Å²) in [6, 6.07) is 32.6. The van der Waals surface area contributed by atoms with E-state index in [9.17, 15) is 0 Å². The third-order valence-electron chi connectivity index (χ3n) is 6.06. The summed E-state index contributed by atoms with van der Waals surface area (Å²) in [5.74, 6) is 1.70. The van der Waals surface area contributed by atoms with E-state index in [1.807, 2.05) is 76.1 Å². The maximum atomic E-state index is 5.04. The molecule has 5 nitrogen and oxygen atoms in total. The quantitative estimate of drug-likeness (QED) is 0.213. The van der Waals surface area contributed by atoms with Crippen molar-refractivity contribution in [3.05, 3.63) is 114 Å². The van der Waals surface area contributed by atoms with Crippen LogP contribution in [0.2, 0.25) is 0 Å². The first-order valence-electron chi connectivity index (χ1n) is 11.0. The number of benzene rings is 3. The Labute approximate surface area is 214 Å². The molecule has 34 heavy (non-hydrogen) atoms. The molecule has 0 saturated heterocycles. The molecular formula is C28H25N5Pt. The van der Waals surface area contributed by atoms with Crippen molar-refractivity contribution in [1.82, 2.24) is 19.6 Å². The predicted molar refractivity (Wildman–Crippen MR) is 132 cm³/mol. The summed E-state index contributed by atoms with van der Waals surface area (Å²) in [4.78, 5) is 2.14. The monoisotopic (exact) mass is 626 g/mol. The van der Waals surface area contributed by atoms with Gasteiger partial charge in [0.05, 0.1) is 0 Å². The van der Waals surface area contributed by atoms with Crippen LogP contribution in [0.15, 0.2) is 78.9 Å². The van der Waals surface area contributed by atoms with E-state index in [1.165, 1.54) is 0 Å². The topological polar surface area (TPSA) is 38.9 Å². The molecule has 2 aromatic heterocycles. The summed E-state index contributed by atoms with van der Waals surface area (Å²) in [7, 11) is 0. The minimum atomic E-state index is 0. The molecule has 0 radical (unpaired) electrons. The summed E-state index contributed by atoms with van der Waals surface area (Å²) < 4.78 is 3.90. The van der Waals surface area contributed by atoms with Crippen LogP contribution in [0.1, 0.15) is 22.5 Å². The molecule has 0 unspecified atom stereocenters. The van der Waals surface area contributed by atoms with Gasteiger partial charge in [-0.15, -0.1) is 12.1 Å². The van der Waals surface area contributed by atoms with Gasteiger partial charge < -0.3 is 0 Å². The van der Waals surface area contributed by atoms with Gasteiger partial charge in [-0.2, -0.15) is 58.7 Å². The Bertz CT molecular complexity index is 1300. The van der Waals surface area contributed by atoms with Gasteiger partial charge in [-0.05, 0) is 51.2 Å². The van der Waals surface area contributed by atoms with Gasteiger partial charge in [0.15, 0.2) is 11.6 Å². The maximum absolute atomic E-state index is 5.04. The van der Waals surface area contributed by atoms with Gasteiger partial charge >= 0.3 is 21.1 Å². The minimum absolute atomic E-state index is 0. The summed E-state index contributed by atoms with van der Waals surface area (Å²) in [6.07, 6.45) is 0. The molecule has 0 spiro atoms. The van der Waals surface area contributed by atoms with Crippen LogP contribution in [0.5, 0.6) is 0 Å². The molecule has 5 aromatic rings. The Morgan fingerprint density at radius 2 is 1.06 bits per heavy atom. The molecule has 0 aliphatic heterocycles. The fourth-order valence-corrected chi connectivity index (χ4v) is 3.98. The van der Waals surface area contributed by atoms with E-state index < -0.39 is 0 Å². The van der Waals surface area contributed by atoms with Crippen molar-refractivity contribution < 1.29 is 21.1 Å². The number of hydrogen-bond donors (Lipinski definition) is 0. The van der Waals surface area contributed by atoms with Gasteiger partial charge in [-0.3, -0.25) is 14.3 Å². The van der Waals surface area contributed by atoms with Crippen LogP contribution in [-0.2, 0) is 21.1 Å². The van der Waals surface area contributed by atoms with E-state index in [2.05, 4.69) is 56.9 Å². The molecule has 3 aromatic carbocycles. The first kappa shape index (κ1) is 23.7. The van der Waals surface area contributed by atoms with Crippen LogP contribution in [0.25, 0.3) is 11.4 Å². The number of aromatic nitrogens is 4. The summed E-state index contributed by atoms with van der Waals surface area (Å²) >= 11 is 0. The van der Waals surface area contributed by atoms with Gasteiger partial charge in [-0.1, -0.05) is 18.2 Å². The molecule has 2 heterocycles. The van der Waals surface area contributed by atoms with Crippen LogP contribution in [0.3, 0.4) is 0 Å². The smallest absolute Gasteiger partial charge is 0.276 e. The van der Waals surface area contributed by atoms with Crippen LogP contribution < -0.4 is 4.90 Å². The zero-order chi connectivity index (χ0) is 22.9. The molecule has 0 fully saturated rings. The molecule has 0 bridgehead atoms. The van der Waals surface area contributed by atoms with E-state index in [4.69, 9.17) is 10.2 Å². The van der Waals surface area contributed by atoms with Crippen molar-refractivity contribution in [3.8, 4) is 11.4 Å². The summed E-state index contributed by atoms with van der Waals surface area (Å²) in [5.41, 5.74) is 7.15. The second kappa shape index (κ2) is 9.82. The van der Waals surface area contributed by atoms with Gasteiger partial charge in [0, 0.05) is 28.2 Å². The molecule has 0 atom stereocenters. The number of hydrogen-bond acceptors (Lipinski definition) is 3. The van der Waals surface area contributed by atoms with Crippen LogP contribution in [0.4, 0.5) is 17.3 Å². The molecule has 0 amide bonds. The van der Waals surface area contributed by atoms with Crippen molar-refractivity contribution in [1.29, 1.82) is 0 Å². The standard InChI is InChI=1S/C28H25N5.Pt/c1-20-22(3)32(25-16-10-6-11-17-25)29-27(20)31(24-14-8-5-9-15-24)28-21(2)23(4)33(30-28)26-18-12-7-13-19-26;/h5-16,18H,1-4H3;/q-2;+2. The summed E-state index contributed by atoms with van der Waals surface area (Å²) in [5, 5.41) is 10.1. The van der Waals surface area contributed by atoms with E-state index >= 15 is 0 Å². The van der Waals surface area contributed by atoms with Gasteiger partial charge in [0.1, 0.15) is 0 Å². The fraction of sp³-hybridized carbons (Fsp3) is 0.143. The average Bonchev–Trinajstić information content (AvgIpc) is 3.32. The fourth-order valence-electron chi connectivity index (χ4n) is 3.98. The Hall–Kier alpha value is -3.43. The molecule has 172 valence electrons. The number of anilines is 3. The number of rotatable bonds is 5. The van der Waals surface area contributed by atoms with Crippen molar-refractivity contribution >= 4 is 17.3 Å². The van der Waals surface area contributed by atoms with Gasteiger partial charge in [-0.25, -0.2) is 0 Å². The van der Waals surface area contributed by atoms with E-state index in [1.54, 1.807) is 0 Å². The maximum Gasteiger partial charge on any atom is 2.00 e. The van der Waals surface area contributed by atoms with Crippen LogP contribution in [-0.4, -0.2) is 19.6 Å². The molecule has 6 heteroatoms. The van der Waals surface area contributed by atoms with Crippen molar-refractivity contribution in [2.45, 2.75) is 27.7 Å². The Kier molecular flexibility index (Phi) is 6.85. The number of para-hydroxylation sites is 3. The normalized spacial score (nSPS) is 10.7. The predicted octanol–water partition coefficient (Wildman–Crippen LogP) is 6.36. The zero-order valence-electron chi connectivity index (χ0n) is 19.6. The second-order valence-electron chi connectivity index (χ2n) is 8.06. The molecule has 0 aliphatic rings. The van der Waals surface area contributed by atoms with E-state index in [0.717, 1.165) is 51.2 Å². The van der Waals surface area contributed by atoms with E-state index in [0.29, 0.717) is 0 Å². The Morgan fingerprint density at radius 1 is 0.618 bits per heavy atom. The van der Waals surface area contributed by atoms with E-state index in [-0.39, 0.29) is 21.1 Å². The Morgan fingerprint density at radius 3 is 1.47 bits per heavy atom. The van der Waals surface area contributed by atoms with Crippen LogP contribution >= 0.6 is 0 Å². The second-order valence-corrected chi connectivity index (χ2v) is 8.06. The third-order valence-corrected chi connectivity index (χ3v) is 6.06. The van der Waals surface area contributed by atoms with Gasteiger partial charge in [0.25, 0.3) is 0 Å². The number of nitrogens with zero attached hydrogens (tertiary/aromatic N) is 5.